The number of carbonyl (C=O) groups is 1. The van der Waals surface area contributed by atoms with E-state index in [1.54, 1.807) is 30.3 Å². The number of aliphatic hydroxyl groups is 1. The van der Waals surface area contributed by atoms with Crippen LogP contribution in [0.3, 0.4) is 0 Å². The van der Waals surface area contributed by atoms with Crippen LogP contribution in [0.5, 0.6) is 0 Å². The Bertz CT molecular complexity index is 979. The first kappa shape index (κ1) is 21.0. The highest BCUT2D eigenvalue weighted by Gasteiger charge is 2.33. The highest BCUT2D eigenvalue weighted by atomic mass is 79.9. The first-order valence-electron chi connectivity index (χ1n) is 7.96. The Morgan fingerprint density at radius 2 is 2.00 bits per heavy atom. The average Bonchev–Trinajstić information content (AvgIpc) is 2.94. The molecule has 28 heavy (non-hydrogen) atoms. The highest BCUT2D eigenvalue weighted by Crippen LogP contribution is 2.37. The maximum Gasteiger partial charge on any atom is 0.283 e. The van der Waals surface area contributed by atoms with Crippen LogP contribution in [0.15, 0.2) is 56.7 Å². The lowest BCUT2D eigenvalue weighted by atomic mass is 10.2. The number of nitrogens with zero attached hydrogens (tertiary/aromatic N) is 2. The van der Waals surface area contributed by atoms with Crippen molar-refractivity contribution >= 4 is 79.4 Å². The Morgan fingerprint density at radius 1 is 1.29 bits per heavy atom. The summed E-state index contributed by atoms with van der Waals surface area (Å²) in [6.45, 7) is -0.0674. The lowest BCUT2D eigenvalue weighted by Gasteiger charge is -2.14. The van der Waals surface area contributed by atoms with E-state index in [-0.39, 0.29) is 18.2 Å². The lowest BCUT2D eigenvalue weighted by Crippen LogP contribution is -2.27. The molecular formula is C18H13BrN2O4S3. The molecule has 1 saturated heterocycles. The quantitative estimate of drug-likeness (QED) is 0.201. The molecule has 0 radical (unpaired) electrons. The Balaban J connectivity index is 1.90. The Labute approximate surface area is 183 Å². The third kappa shape index (κ3) is 4.64. The van der Waals surface area contributed by atoms with Crippen molar-refractivity contribution in [1.29, 1.82) is 0 Å². The van der Waals surface area contributed by atoms with Gasteiger partial charge in [-0.1, -0.05) is 46.0 Å². The van der Waals surface area contributed by atoms with Crippen molar-refractivity contribution in [1.82, 2.24) is 0 Å². The number of anilines is 1. The first-order valence-corrected chi connectivity index (χ1v) is 11.0. The molecule has 2 aromatic carbocycles. The number of thiocarbonyl (C=S) groups is 1. The summed E-state index contributed by atoms with van der Waals surface area (Å²) in [7, 11) is 0. The third-order valence-electron chi connectivity index (χ3n) is 3.70. The van der Waals surface area contributed by atoms with E-state index < -0.39 is 4.92 Å². The largest absolute Gasteiger partial charge is 0.396 e. The number of benzene rings is 2. The Hall–Kier alpha value is -1.72. The molecule has 1 aliphatic heterocycles. The fraction of sp³-hybridized carbons (Fsp3) is 0.111. The molecule has 1 aliphatic rings. The second-order valence-electron chi connectivity index (χ2n) is 5.55. The molecule has 6 nitrogen and oxygen atoms in total. The van der Waals surface area contributed by atoms with Gasteiger partial charge in [0.2, 0.25) is 0 Å². The van der Waals surface area contributed by atoms with Crippen molar-refractivity contribution in [3.8, 4) is 0 Å². The molecule has 1 fully saturated rings. The number of halogens is 1. The second-order valence-corrected chi connectivity index (χ2v) is 9.28. The van der Waals surface area contributed by atoms with Gasteiger partial charge in [-0.25, -0.2) is 0 Å². The minimum Gasteiger partial charge on any atom is -0.396 e. The summed E-state index contributed by atoms with van der Waals surface area (Å²) in [6, 6.07) is 12.0. The molecule has 1 heterocycles. The molecule has 1 amide bonds. The van der Waals surface area contributed by atoms with Crippen LogP contribution >= 0.6 is 51.7 Å². The zero-order valence-electron chi connectivity index (χ0n) is 14.2. The highest BCUT2D eigenvalue weighted by molar-refractivity contribution is 9.10. The number of aliphatic hydroxyl groups excluding tert-OH is 1. The summed E-state index contributed by atoms with van der Waals surface area (Å²) in [4.78, 5) is 26.0. The molecule has 2 aromatic rings. The van der Waals surface area contributed by atoms with Gasteiger partial charge >= 0.3 is 0 Å². The predicted molar refractivity (Wildman–Crippen MR) is 121 cm³/mol. The minimum absolute atomic E-state index is 0.0596. The first-order chi connectivity index (χ1) is 13.4. The van der Waals surface area contributed by atoms with E-state index in [1.807, 2.05) is 12.1 Å². The van der Waals surface area contributed by atoms with Gasteiger partial charge in [-0.2, -0.15) is 0 Å². The molecule has 0 saturated carbocycles. The number of nitro groups is 1. The monoisotopic (exact) mass is 496 g/mol. The van der Waals surface area contributed by atoms with Crippen LogP contribution in [0, 0.1) is 10.1 Å². The van der Waals surface area contributed by atoms with Gasteiger partial charge in [0, 0.05) is 16.3 Å². The number of hydrogen-bond acceptors (Lipinski definition) is 7. The van der Waals surface area contributed by atoms with Crippen molar-refractivity contribution in [3.05, 3.63) is 67.5 Å². The van der Waals surface area contributed by atoms with Crippen molar-refractivity contribution in [2.75, 3.05) is 17.3 Å². The van der Waals surface area contributed by atoms with E-state index in [2.05, 4.69) is 15.9 Å². The summed E-state index contributed by atoms with van der Waals surface area (Å²) in [6.07, 6.45) is 1.60. The molecular weight excluding hydrogens is 484 g/mol. The van der Waals surface area contributed by atoms with Crippen molar-refractivity contribution in [3.63, 3.8) is 0 Å². The fourth-order valence-corrected chi connectivity index (χ4v) is 4.80. The Morgan fingerprint density at radius 3 is 2.64 bits per heavy atom. The molecule has 1 N–H and O–H groups in total. The van der Waals surface area contributed by atoms with Crippen LogP contribution in [-0.2, 0) is 4.79 Å². The van der Waals surface area contributed by atoms with Crippen molar-refractivity contribution in [2.45, 2.75) is 4.90 Å². The summed E-state index contributed by atoms with van der Waals surface area (Å²) in [5, 5.41) is 20.3. The summed E-state index contributed by atoms with van der Waals surface area (Å²) in [5.41, 5.74) is 1.14. The fourth-order valence-electron chi connectivity index (χ4n) is 2.48. The van der Waals surface area contributed by atoms with Crippen LogP contribution in [-0.4, -0.2) is 32.6 Å². The molecule has 3 rings (SSSR count). The average molecular weight is 497 g/mol. The van der Waals surface area contributed by atoms with Crippen molar-refractivity contribution < 1.29 is 14.8 Å². The van der Waals surface area contributed by atoms with Gasteiger partial charge < -0.3 is 5.11 Å². The van der Waals surface area contributed by atoms with Gasteiger partial charge in [0.25, 0.3) is 11.6 Å². The zero-order valence-corrected chi connectivity index (χ0v) is 18.2. The lowest BCUT2D eigenvalue weighted by molar-refractivity contribution is -0.387. The van der Waals surface area contributed by atoms with E-state index in [1.165, 1.54) is 22.7 Å². The van der Waals surface area contributed by atoms with Gasteiger partial charge in [0.05, 0.1) is 27.0 Å². The number of thioether (sulfide) groups is 2. The number of nitro benzene ring substituents is 1. The normalized spacial score (nSPS) is 15.5. The maximum atomic E-state index is 12.8. The van der Waals surface area contributed by atoms with E-state index in [0.29, 0.717) is 31.1 Å². The maximum absolute atomic E-state index is 12.8. The molecule has 0 atom stereocenters. The Kier molecular flexibility index (Phi) is 6.89. The molecule has 0 spiro atoms. The molecule has 0 bridgehead atoms. The number of carbonyl (C=O) groups excluding carboxylic acids is 1. The second kappa shape index (κ2) is 9.19. The smallest absolute Gasteiger partial charge is 0.283 e. The van der Waals surface area contributed by atoms with Gasteiger partial charge in [-0.05, 0) is 42.0 Å². The number of rotatable bonds is 6. The van der Waals surface area contributed by atoms with Crippen LogP contribution in [0.1, 0.15) is 5.56 Å². The minimum atomic E-state index is -0.468. The van der Waals surface area contributed by atoms with Crippen LogP contribution in [0.4, 0.5) is 11.4 Å². The van der Waals surface area contributed by atoms with Gasteiger partial charge in [0.15, 0.2) is 4.32 Å². The van der Waals surface area contributed by atoms with Gasteiger partial charge in [-0.15, -0.1) is 11.8 Å². The molecule has 144 valence electrons. The van der Waals surface area contributed by atoms with E-state index in [0.717, 1.165) is 16.2 Å². The van der Waals surface area contributed by atoms with Gasteiger partial charge in [-0.3, -0.25) is 19.8 Å². The summed E-state index contributed by atoms with van der Waals surface area (Å²) in [5.74, 6) is 0.102. The van der Waals surface area contributed by atoms with Crippen LogP contribution in [0.2, 0.25) is 0 Å². The summed E-state index contributed by atoms with van der Waals surface area (Å²) >= 11 is 11.1. The molecule has 10 heteroatoms. The summed E-state index contributed by atoms with van der Waals surface area (Å²) < 4.78 is 1.30. The van der Waals surface area contributed by atoms with E-state index in [4.69, 9.17) is 17.3 Å². The van der Waals surface area contributed by atoms with Crippen LogP contribution in [0.25, 0.3) is 6.08 Å². The van der Waals surface area contributed by atoms with E-state index >= 15 is 0 Å². The standard InChI is InChI=1S/C18H13BrN2O4S3/c19-12-2-4-13(5-3-12)20-17(23)16(28-18(20)26)10-11-1-6-15(27-8-7-22)14(9-11)21(24)25/h1-6,9-10,22H,7-8H2. The molecule has 0 aliphatic carbocycles. The molecule has 0 unspecified atom stereocenters. The third-order valence-corrected chi connectivity index (χ3v) is 6.58. The van der Waals surface area contributed by atoms with Gasteiger partial charge in [0.1, 0.15) is 0 Å². The number of amides is 1. The van der Waals surface area contributed by atoms with E-state index in [9.17, 15) is 14.9 Å². The predicted octanol–water partition coefficient (Wildman–Crippen LogP) is 4.85. The molecule has 0 aromatic heterocycles. The van der Waals surface area contributed by atoms with Crippen LogP contribution < -0.4 is 4.90 Å². The topological polar surface area (TPSA) is 83.7 Å². The number of hydrogen-bond donors (Lipinski definition) is 1. The SMILES string of the molecule is O=C1C(=Cc2ccc(SCCO)c([N+](=O)[O-])c2)SC(=S)N1c1ccc(Br)cc1. The zero-order chi connectivity index (χ0) is 20.3. The van der Waals surface area contributed by atoms with Crippen molar-refractivity contribution in [2.24, 2.45) is 0 Å².